The number of rotatable bonds is 3. The normalized spacial score (nSPS) is 10.3. The third-order valence-corrected chi connectivity index (χ3v) is 3.26. The van der Waals surface area contributed by atoms with E-state index >= 15 is 0 Å². The second-order valence-electron chi connectivity index (χ2n) is 3.48. The summed E-state index contributed by atoms with van der Waals surface area (Å²) in [6.07, 6.45) is 0. The Hall–Kier alpha value is -1.88. The van der Waals surface area contributed by atoms with Gasteiger partial charge < -0.3 is 5.11 Å². The Bertz CT molecular complexity index is 599. The summed E-state index contributed by atoms with van der Waals surface area (Å²) >= 11 is 1.01. The van der Waals surface area contributed by atoms with Gasteiger partial charge in [0.05, 0.1) is 0 Å². The molecule has 0 bridgehead atoms. The van der Waals surface area contributed by atoms with Gasteiger partial charge in [-0.3, -0.25) is 0 Å². The third-order valence-electron chi connectivity index (χ3n) is 2.21. The summed E-state index contributed by atoms with van der Waals surface area (Å²) in [6.45, 7) is 0. The van der Waals surface area contributed by atoms with Gasteiger partial charge in [0.1, 0.15) is 17.2 Å². The molecule has 18 heavy (non-hydrogen) atoms. The number of carbonyl (C=O) groups is 1. The van der Waals surface area contributed by atoms with Crippen LogP contribution in [0.3, 0.4) is 0 Å². The molecule has 0 fully saturated rings. The average Bonchev–Trinajstić information content (AvgIpc) is 2.28. The maximum Gasteiger partial charge on any atom is 0.339 e. The number of hydrogen-bond donors (Lipinski definition) is 1. The van der Waals surface area contributed by atoms with E-state index in [2.05, 4.69) is 0 Å². The number of halogens is 2. The molecule has 0 aliphatic rings. The third kappa shape index (κ3) is 2.68. The van der Waals surface area contributed by atoms with Gasteiger partial charge in [-0.25, -0.2) is 13.6 Å². The lowest BCUT2D eigenvalue weighted by Crippen LogP contribution is -2.02. The fourth-order valence-corrected chi connectivity index (χ4v) is 2.46. The van der Waals surface area contributed by atoms with Crippen molar-refractivity contribution in [3.63, 3.8) is 0 Å². The second kappa shape index (κ2) is 5.18. The van der Waals surface area contributed by atoms with E-state index < -0.39 is 23.2 Å². The van der Waals surface area contributed by atoms with Gasteiger partial charge in [0.15, 0.2) is 0 Å². The Morgan fingerprint density at radius 2 is 1.83 bits per heavy atom. The van der Waals surface area contributed by atoms with E-state index in [1.165, 1.54) is 30.3 Å². The van der Waals surface area contributed by atoms with E-state index in [9.17, 15) is 13.6 Å². The predicted molar refractivity (Wildman–Crippen MR) is 63.9 cm³/mol. The van der Waals surface area contributed by atoms with Crippen LogP contribution in [0.5, 0.6) is 0 Å². The minimum atomic E-state index is -1.34. The largest absolute Gasteiger partial charge is 0.478 e. The summed E-state index contributed by atoms with van der Waals surface area (Å²) in [4.78, 5) is 11.7. The van der Waals surface area contributed by atoms with Gasteiger partial charge in [0.25, 0.3) is 0 Å². The van der Waals surface area contributed by atoms with Crippen molar-refractivity contribution in [1.29, 1.82) is 0 Å². The molecule has 2 nitrogen and oxygen atoms in total. The van der Waals surface area contributed by atoms with Crippen LogP contribution in [0.4, 0.5) is 8.78 Å². The molecule has 2 aromatic carbocycles. The summed E-state index contributed by atoms with van der Waals surface area (Å²) in [5, 5.41) is 8.95. The maximum atomic E-state index is 13.4. The summed E-state index contributed by atoms with van der Waals surface area (Å²) < 4.78 is 26.4. The highest BCUT2D eigenvalue weighted by Crippen LogP contribution is 2.31. The molecule has 0 saturated heterocycles. The van der Waals surface area contributed by atoms with E-state index in [0.717, 1.165) is 17.8 Å². The summed E-state index contributed by atoms with van der Waals surface area (Å²) in [5.41, 5.74) is -0.397. The van der Waals surface area contributed by atoms with Crippen LogP contribution in [0.25, 0.3) is 0 Å². The quantitative estimate of drug-likeness (QED) is 0.917. The van der Waals surface area contributed by atoms with Gasteiger partial charge in [0, 0.05) is 9.79 Å². The zero-order valence-corrected chi connectivity index (χ0v) is 9.88. The highest BCUT2D eigenvalue weighted by atomic mass is 32.2. The number of hydrogen-bond acceptors (Lipinski definition) is 2. The predicted octanol–water partition coefficient (Wildman–Crippen LogP) is 3.81. The summed E-state index contributed by atoms with van der Waals surface area (Å²) in [5.74, 6) is -2.57. The fraction of sp³-hybridized carbons (Fsp3) is 0. The molecule has 0 spiro atoms. The molecule has 1 N–H and O–H groups in total. The molecule has 0 atom stereocenters. The van der Waals surface area contributed by atoms with Crippen molar-refractivity contribution < 1.29 is 18.7 Å². The first-order valence-corrected chi connectivity index (χ1v) is 5.85. The molecule has 2 aromatic rings. The Morgan fingerprint density at radius 3 is 2.50 bits per heavy atom. The van der Waals surface area contributed by atoms with E-state index in [-0.39, 0.29) is 4.90 Å². The highest BCUT2D eigenvalue weighted by Gasteiger charge is 2.16. The first kappa shape index (κ1) is 12.6. The Morgan fingerprint density at radius 1 is 1.11 bits per heavy atom. The van der Waals surface area contributed by atoms with Crippen molar-refractivity contribution >= 4 is 17.7 Å². The van der Waals surface area contributed by atoms with E-state index in [0.29, 0.717) is 4.90 Å². The van der Waals surface area contributed by atoms with E-state index in [4.69, 9.17) is 5.11 Å². The second-order valence-corrected chi connectivity index (χ2v) is 4.59. The van der Waals surface area contributed by atoms with Gasteiger partial charge in [0.2, 0.25) is 0 Å². The minimum absolute atomic E-state index is 0.244. The first-order valence-electron chi connectivity index (χ1n) is 5.03. The van der Waals surface area contributed by atoms with Gasteiger partial charge in [-0.2, -0.15) is 0 Å². The number of aromatic carboxylic acids is 1. The topological polar surface area (TPSA) is 37.3 Å². The molecule has 5 heteroatoms. The van der Waals surface area contributed by atoms with Crippen LogP contribution in [0.1, 0.15) is 10.4 Å². The monoisotopic (exact) mass is 266 g/mol. The van der Waals surface area contributed by atoms with E-state index in [1.54, 1.807) is 6.07 Å². The van der Waals surface area contributed by atoms with Crippen LogP contribution >= 0.6 is 11.8 Å². The van der Waals surface area contributed by atoms with Gasteiger partial charge in [-0.15, -0.1) is 0 Å². The van der Waals surface area contributed by atoms with Gasteiger partial charge in [-0.05, 0) is 30.3 Å². The SMILES string of the molecule is O=C(O)c1c(F)cccc1Sc1cccc(F)c1. The molecule has 0 heterocycles. The standard InChI is InChI=1S/C13H8F2O2S/c14-8-3-1-4-9(7-8)18-11-6-2-5-10(15)12(11)13(16)17/h1-7H,(H,16,17). The molecule has 92 valence electrons. The van der Waals surface area contributed by atoms with Crippen LogP contribution in [-0.4, -0.2) is 11.1 Å². The smallest absolute Gasteiger partial charge is 0.339 e. The van der Waals surface area contributed by atoms with Crippen LogP contribution in [0, 0.1) is 11.6 Å². The van der Waals surface area contributed by atoms with Crippen LogP contribution < -0.4 is 0 Å². The lowest BCUT2D eigenvalue weighted by atomic mass is 10.2. The lowest BCUT2D eigenvalue weighted by Gasteiger charge is -2.06. The number of benzene rings is 2. The fourth-order valence-electron chi connectivity index (χ4n) is 1.45. The maximum absolute atomic E-state index is 13.4. The summed E-state index contributed by atoms with van der Waals surface area (Å²) in [6, 6.07) is 9.68. The van der Waals surface area contributed by atoms with Crippen molar-refractivity contribution in [3.05, 3.63) is 59.7 Å². The van der Waals surface area contributed by atoms with Crippen molar-refractivity contribution in [2.24, 2.45) is 0 Å². The van der Waals surface area contributed by atoms with Crippen molar-refractivity contribution in [2.75, 3.05) is 0 Å². The highest BCUT2D eigenvalue weighted by molar-refractivity contribution is 7.99. The molecular weight excluding hydrogens is 258 g/mol. The number of carboxylic acid groups (broad SMARTS) is 1. The molecular formula is C13H8F2O2S. The van der Waals surface area contributed by atoms with Crippen LogP contribution in [0.15, 0.2) is 52.3 Å². The van der Waals surface area contributed by atoms with Crippen molar-refractivity contribution in [1.82, 2.24) is 0 Å². The Kier molecular flexibility index (Phi) is 3.62. The molecule has 0 aliphatic heterocycles. The molecule has 0 amide bonds. The zero-order valence-electron chi connectivity index (χ0n) is 9.06. The molecule has 0 aliphatic carbocycles. The molecule has 2 rings (SSSR count). The van der Waals surface area contributed by atoms with Gasteiger partial charge >= 0.3 is 5.97 Å². The van der Waals surface area contributed by atoms with Crippen molar-refractivity contribution in [2.45, 2.75) is 9.79 Å². The minimum Gasteiger partial charge on any atom is -0.478 e. The average molecular weight is 266 g/mol. The number of carboxylic acids is 1. The lowest BCUT2D eigenvalue weighted by molar-refractivity contribution is 0.0688. The summed E-state index contributed by atoms with van der Waals surface area (Å²) in [7, 11) is 0. The molecule has 0 saturated carbocycles. The Balaban J connectivity index is 2.40. The molecule has 0 aromatic heterocycles. The molecule has 0 radical (unpaired) electrons. The van der Waals surface area contributed by atoms with Crippen LogP contribution in [-0.2, 0) is 0 Å². The van der Waals surface area contributed by atoms with Crippen molar-refractivity contribution in [3.8, 4) is 0 Å². The first-order chi connectivity index (χ1) is 8.58. The van der Waals surface area contributed by atoms with E-state index in [1.807, 2.05) is 0 Å². The molecule has 0 unspecified atom stereocenters. The Labute approximate surface area is 106 Å². The van der Waals surface area contributed by atoms with Gasteiger partial charge in [-0.1, -0.05) is 23.9 Å². The van der Waals surface area contributed by atoms with Crippen LogP contribution in [0.2, 0.25) is 0 Å². The zero-order chi connectivity index (χ0) is 13.1.